The summed E-state index contributed by atoms with van der Waals surface area (Å²) in [4.78, 5) is 40.2. The molecule has 2 saturated heterocycles. The van der Waals surface area contributed by atoms with Crippen LogP contribution in [0, 0.1) is 0 Å². The molecule has 0 saturated carbocycles. The highest BCUT2D eigenvalue weighted by Gasteiger charge is 2.32. The number of aryl methyl sites for hydroxylation is 1. The maximum Gasteiger partial charge on any atom is 0.260 e. The number of hydrogen-bond acceptors (Lipinski definition) is 6. The minimum atomic E-state index is -0.482. The normalized spacial score (nSPS) is 19.7. The van der Waals surface area contributed by atoms with E-state index < -0.39 is 5.92 Å². The molecule has 2 fully saturated rings. The summed E-state index contributed by atoms with van der Waals surface area (Å²) in [5.41, 5.74) is 1.34. The molecule has 0 aliphatic carbocycles. The van der Waals surface area contributed by atoms with E-state index in [0.29, 0.717) is 31.0 Å². The van der Waals surface area contributed by atoms with Gasteiger partial charge in [-0.1, -0.05) is 18.7 Å². The summed E-state index contributed by atoms with van der Waals surface area (Å²) in [6.45, 7) is 6.51. The fraction of sp³-hybridized carbons (Fsp3) is 0.429. The number of piperazine rings is 1. The van der Waals surface area contributed by atoms with Gasteiger partial charge in [0.2, 0.25) is 11.8 Å². The summed E-state index contributed by atoms with van der Waals surface area (Å²) < 4.78 is 7.54. The summed E-state index contributed by atoms with van der Waals surface area (Å²) >= 11 is 0. The third-order valence-electron chi connectivity index (χ3n) is 5.70. The van der Waals surface area contributed by atoms with Crippen molar-refractivity contribution in [2.75, 3.05) is 32.8 Å². The summed E-state index contributed by atoms with van der Waals surface area (Å²) in [7, 11) is 1.78. The first-order valence-electron chi connectivity index (χ1n) is 10.0. The predicted molar refractivity (Wildman–Crippen MR) is 110 cm³/mol. The zero-order chi connectivity index (χ0) is 21.3. The van der Waals surface area contributed by atoms with Crippen LogP contribution < -0.4 is 10.1 Å². The van der Waals surface area contributed by atoms with Crippen LogP contribution in [0.4, 0.5) is 0 Å². The maximum absolute atomic E-state index is 12.6. The number of imide groups is 1. The lowest BCUT2D eigenvalue weighted by molar-refractivity contribution is -0.135. The number of nitrogens with zero attached hydrogens (tertiary/aromatic N) is 4. The second-order valence-electron chi connectivity index (χ2n) is 7.55. The Morgan fingerprint density at radius 1 is 1.30 bits per heavy atom. The zero-order valence-electron chi connectivity index (χ0n) is 17.0. The number of hydrogen-bond donors (Lipinski definition) is 1. The van der Waals surface area contributed by atoms with Crippen LogP contribution in [0.2, 0.25) is 0 Å². The Bertz CT molecular complexity index is 1010. The van der Waals surface area contributed by atoms with E-state index in [-0.39, 0.29) is 30.7 Å². The Labute approximate surface area is 174 Å². The molecule has 1 aromatic carbocycles. The number of carbonyl (C=O) groups excluding carboxylic acids is 3. The molecule has 0 bridgehead atoms. The Kier molecular flexibility index (Phi) is 5.43. The van der Waals surface area contributed by atoms with Crippen LogP contribution in [-0.4, -0.2) is 70.1 Å². The van der Waals surface area contributed by atoms with Crippen molar-refractivity contribution in [3.63, 3.8) is 0 Å². The summed E-state index contributed by atoms with van der Waals surface area (Å²) in [5, 5.41) is 7.71. The fourth-order valence-corrected chi connectivity index (χ4v) is 4.04. The molecule has 0 radical (unpaired) electrons. The molecule has 1 aromatic heterocycles. The highest BCUT2D eigenvalue weighted by molar-refractivity contribution is 6.03. The average molecular weight is 411 g/mol. The van der Waals surface area contributed by atoms with Gasteiger partial charge in [0.15, 0.2) is 6.61 Å². The number of piperidine rings is 1. The number of fused-ring (bicyclic) bond motifs is 1. The van der Waals surface area contributed by atoms with Crippen LogP contribution in [0.15, 0.2) is 31.0 Å². The van der Waals surface area contributed by atoms with Gasteiger partial charge in [-0.05, 0) is 18.7 Å². The Hall–Kier alpha value is -3.36. The molecule has 1 atom stereocenters. The first-order valence-corrected chi connectivity index (χ1v) is 10.0. The Morgan fingerprint density at radius 2 is 2.07 bits per heavy atom. The molecule has 3 heterocycles. The van der Waals surface area contributed by atoms with Crippen molar-refractivity contribution in [1.29, 1.82) is 0 Å². The minimum Gasteiger partial charge on any atom is -0.481 e. The standard InChI is InChI=1S/C21H25N5O4/c1-3-25-9-11-26(12-10-25)18(28)13-30-16-6-4-5-14-19(23-24(2)20(14)16)15-7-8-17(27)22-21(15)29/h3-6,15H,1,7-13H2,2H3,(H,22,27,29). The topological polar surface area (TPSA) is 96.8 Å². The molecule has 1 unspecified atom stereocenters. The van der Waals surface area contributed by atoms with Crippen molar-refractivity contribution in [3.05, 3.63) is 36.7 Å². The average Bonchev–Trinajstić information content (AvgIpc) is 3.09. The summed E-state index contributed by atoms with van der Waals surface area (Å²) in [6, 6.07) is 5.49. The molecule has 3 amide bonds. The van der Waals surface area contributed by atoms with Crippen molar-refractivity contribution in [1.82, 2.24) is 24.9 Å². The molecule has 4 rings (SSSR count). The van der Waals surface area contributed by atoms with Crippen LogP contribution in [0.3, 0.4) is 0 Å². The number of aromatic nitrogens is 2. The molecule has 158 valence electrons. The number of nitrogens with one attached hydrogen (secondary N) is 1. The third-order valence-corrected chi connectivity index (χ3v) is 5.70. The van der Waals surface area contributed by atoms with Gasteiger partial charge in [0.25, 0.3) is 5.91 Å². The van der Waals surface area contributed by atoms with Gasteiger partial charge in [-0.3, -0.25) is 24.4 Å². The monoisotopic (exact) mass is 411 g/mol. The van der Waals surface area contributed by atoms with Crippen molar-refractivity contribution in [2.45, 2.75) is 18.8 Å². The van der Waals surface area contributed by atoms with Crippen LogP contribution in [0.1, 0.15) is 24.5 Å². The largest absolute Gasteiger partial charge is 0.481 e. The second kappa shape index (κ2) is 8.17. The zero-order valence-corrected chi connectivity index (χ0v) is 17.0. The van der Waals surface area contributed by atoms with Gasteiger partial charge in [0.1, 0.15) is 11.3 Å². The van der Waals surface area contributed by atoms with Crippen molar-refractivity contribution in [2.24, 2.45) is 7.05 Å². The minimum absolute atomic E-state index is 0.0634. The highest BCUT2D eigenvalue weighted by atomic mass is 16.5. The lowest BCUT2D eigenvalue weighted by Gasteiger charge is -2.33. The van der Waals surface area contributed by atoms with E-state index in [9.17, 15) is 14.4 Å². The third kappa shape index (κ3) is 3.74. The molecule has 0 spiro atoms. The number of ether oxygens (including phenoxy) is 1. The molecule has 30 heavy (non-hydrogen) atoms. The van der Waals surface area contributed by atoms with Crippen LogP contribution in [-0.2, 0) is 21.4 Å². The van der Waals surface area contributed by atoms with Gasteiger partial charge in [-0.25, -0.2) is 0 Å². The van der Waals surface area contributed by atoms with Gasteiger partial charge in [0, 0.05) is 45.0 Å². The van der Waals surface area contributed by atoms with Gasteiger partial charge in [-0.2, -0.15) is 5.10 Å². The molecule has 9 heteroatoms. The van der Waals surface area contributed by atoms with E-state index in [1.54, 1.807) is 28.9 Å². The first kappa shape index (κ1) is 19.9. The lowest BCUT2D eigenvalue weighted by Crippen LogP contribution is -2.48. The van der Waals surface area contributed by atoms with E-state index in [1.807, 2.05) is 12.1 Å². The van der Waals surface area contributed by atoms with E-state index in [4.69, 9.17) is 4.74 Å². The number of carbonyl (C=O) groups is 3. The summed E-state index contributed by atoms with van der Waals surface area (Å²) in [5.74, 6) is -0.591. The Morgan fingerprint density at radius 3 is 2.77 bits per heavy atom. The van der Waals surface area contributed by atoms with E-state index in [2.05, 4.69) is 21.9 Å². The molecule has 2 aliphatic heterocycles. The van der Waals surface area contributed by atoms with Crippen LogP contribution in [0.5, 0.6) is 5.75 Å². The molecule has 9 nitrogen and oxygen atoms in total. The molecular weight excluding hydrogens is 386 g/mol. The van der Waals surface area contributed by atoms with E-state index in [0.717, 1.165) is 24.0 Å². The van der Waals surface area contributed by atoms with Gasteiger partial charge in [0.05, 0.1) is 11.6 Å². The van der Waals surface area contributed by atoms with Gasteiger partial charge < -0.3 is 14.5 Å². The molecule has 2 aliphatic rings. The quantitative estimate of drug-likeness (QED) is 0.730. The van der Waals surface area contributed by atoms with Gasteiger partial charge >= 0.3 is 0 Å². The van der Waals surface area contributed by atoms with Crippen molar-refractivity contribution in [3.8, 4) is 5.75 Å². The number of benzene rings is 1. The smallest absolute Gasteiger partial charge is 0.260 e. The van der Waals surface area contributed by atoms with Crippen molar-refractivity contribution >= 4 is 28.6 Å². The van der Waals surface area contributed by atoms with E-state index >= 15 is 0 Å². The van der Waals surface area contributed by atoms with Gasteiger partial charge in [-0.15, -0.1) is 0 Å². The van der Waals surface area contributed by atoms with Crippen molar-refractivity contribution < 1.29 is 19.1 Å². The number of amides is 3. The second-order valence-corrected chi connectivity index (χ2v) is 7.55. The first-order chi connectivity index (χ1) is 14.5. The molecule has 1 N–H and O–H groups in total. The van der Waals surface area contributed by atoms with E-state index in [1.165, 1.54) is 0 Å². The maximum atomic E-state index is 12.6. The van der Waals surface area contributed by atoms with Crippen LogP contribution >= 0.6 is 0 Å². The predicted octanol–water partition coefficient (Wildman–Crippen LogP) is 0.760. The fourth-order valence-electron chi connectivity index (χ4n) is 4.04. The SMILES string of the molecule is C=CN1CCN(C(=O)COc2cccc3c(C4CCC(=O)NC4=O)nn(C)c23)CC1. The highest BCUT2D eigenvalue weighted by Crippen LogP contribution is 2.34. The molecular formula is C21H25N5O4. The number of rotatable bonds is 5. The summed E-state index contributed by atoms with van der Waals surface area (Å²) in [6.07, 6.45) is 2.51. The number of para-hydroxylation sites is 1. The van der Waals surface area contributed by atoms with Crippen LogP contribution in [0.25, 0.3) is 10.9 Å². The Balaban J connectivity index is 1.51. The lowest BCUT2D eigenvalue weighted by atomic mass is 9.93. The molecule has 2 aromatic rings.